The summed E-state index contributed by atoms with van der Waals surface area (Å²) < 4.78 is 13.4. The van der Waals surface area contributed by atoms with E-state index in [0.717, 1.165) is 16.7 Å². The molecule has 0 saturated heterocycles. The monoisotopic (exact) mass is 454 g/mol. The summed E-state index contributed by atoms with van der Waals surface area (Å²) in [4.78, 5) is 31.4. The Hall–Kier alpha value is -4.46. The van der Waals surface area contributed by atoms with Crippen molar-refractivity contribution in [3.8, 4) is 22.8 Å². The fourth-order valence-electron chi connectivity index (χ4n) is 4.11. The van der Waals surface area contributed by atoms with Crippen molar-refractivity contribution in [3.63, 3.8) is 0 Å². The van der Waals surface area contributed by atoms with E-state index in [2.05, 4.69) is 10.1 Å². The Kier molecular flexibility index (Phi) is 5.33. The smallest absolute Gasteiger partial charge is 0.336 e. The van der Waals surface area contributed by atoms with E-state index in [1.54, 1.807) is 37.4 Å². The first kappa shape index (κ1) is 21.4. The lowest BCUT2D eigenvalue weighted by Gasteiger charge is -2.13. The highest BCUT2D eigenvalue weighted by molar-refractivity contribution is 5.78. The molecule has 8 nitrogen and oxygen atoms in total. The fraction of sp³-hybridized carbons (Fsp3) is 0.154. The summed E-state index contributed by atoms with van der Waals surface area (Å²) >= 11 is 0. The van der Waals surface area contributed by atoms with Gasteiger partial charge in [0.25, 0.3) is 5.56 Å². The van der Waals surface area contributed by atoms with E-state index in [4.69, 9.17) is 9.26 Å². The zero-order chi connectivity index (χ0) is 23.8. The van der Waals surface area contributed by atoms with E-state index < -0.39 is 5.69 Å². The van der Waals surface area contributed by atoms with E-state index in [1.165, 1.54) is 9.13 Å². The molecular weight excluding hydrogens is 432 g/mol. The van der Waals surface area contributed by atoms with Gasteiger partial charge in [-0.2, -0.15) is 4.98 Å². The van der Waals surface area contributed by atoms with Crippen LogP contribution in [0.15, 0.2) is 80.8 Å². The zero-order valence-corrected chi connectivity index (χ0v) is 19.0. The van der Waals surface area contributed by atoms with Crippen LogP contribution in [0.4, 0.5) is 0 Å². The lowest BCUT2D eigenvalue weighted by molar-refractivity contribution is 0.370. The minimum absolute atomic E-state index is 0.0153. The predicted molar refractivity (Wildman–Crippen MR) is 129 cm³/mol. The maximum absolute atomic E-state index is 13.6. The Morgan fingerprint density at radius 2 is 1.71 bits per heavy atom. The molecule has 34 heavy (non-hydrogen) atoms. The first-order chi connectivity index (χ1) is 16.4. The third kappa shape index (κ3) is 3.79. The van der Waals surface area contributed by atoms with Gasteiger partial charge >= 0.3 is 5.69 Å². The van der Waals surface area contributed by atoms with Crippen molar-refractivity contribution in [2.24, 2.45) is 0 Å². The van der Waals surface area contributed by atoms with Crippen molar-refractivity contribution in [2.75, 3.05) is 7.11 Å². The number of methoxy groups -OCH3 is 1. The van der Waals surface area contributed by atoms with Gasteiger partial charge in [0, 0.05) is 5.56 Å². The molecule has 2 aromatic heterocycles. The van der Waals surface area contributed by atoms with Gasteiger partial charge in [-0.1, -0.05) is 35.5 Å². The predicted octanol–water partition coefficient (Wildman–Crippen LogP) is 3.88. The minimum Gasteiger partial charge on any atom is -0.497 e. The summed E-state index contributed by atoms with van der Waals surface area (Å²) in [5, 5.41) is 4.49. The topological polar surface area (TPSA) is 92.2 Å². The molecule has 0 amide bonds. The van der Waals surface area contributed by atoms with Gasteiger partial charge in [0.15, 0.2) is 0 Å². The Balaban J connectivity index is 1.65. The van der Waals surface area contributed by atoms with E-state index in [-0.39, 0.29) is 18.0 Å². The standard InChI is InChI=1S/C26H22N4O4/c1-16-11-17(2)13-19(12-16)30-25(31)21-9-4-5-10-22(21)29(26(30)32)15-23-27-24(28-34-23)18-7-6-8-20(14-18)33-3/h4-14H,15H2,1-3H3. The molecule has 0 aliphatic carbocycles. The molecule has 5 aromatic rings. The summed E-state index contributed by atoms with van der Waals surface area (Å²) in [6, 6.07) is 20.0. The van der Waals surface area contributed by atoms with Gasteiger partial charge in [-0.3, -0.25) is 9.36 Å². The number of benzene rings is 3. The van der Waals surface area contributed by atoms with Crippen LogP contribution in [0.5, 0.6) is 5.75 Å². The number of nitrogens with zero attached hydrogens (tertiary/aromatic N) is 4. The lowest BCUT2D eigenvalue weighted by atomic mass is 10.1. The average molecular weight is 454 g/mol. The number of fused-ring (bicyclic) bond motifs is 1. The summed E-state index contributed by atoms with van der Waals surface area (Å²) in [6.07, 6.45) is 0. The first-order valence-electron chi connectivity index (χ1n) is 10.7. The molecule has 0 spiro atoms. The van der Waals surface area contributed by atoms with E-state index in [1.807, 2.05) is 50.2 Å². The molecular formula is C26H22N4O4. The molecule has 0 radical (unpaired) electrons. The molecule has 0 saturated carbocycles. The van der Waals surface area contributed by atoms with E-state index in [0.29, 0.717) is 28.2 Å². The molecule has 0 bridgehead atoms. The van der Waals surface area contributed by atoms with Crippen molar-refractivity contribution in [1.29, 1.82) is 0 Å². The Labute approximate surface area is 194 Å². The lowest BCUT2D eigenvalue weighted by Crippen LogP contribution is -2.39. The van der Waals surface area contributed by atoms with Crippen LogP contribution in [0.1, 0.15) is 17.0 Å². The maximum Gasteiger partial charge on any atom is 0.336 e. The van der Waals surface area contributed by atoms with Crippen molar-refractivity contribution < 1.29 is 9.26 Å². The number of ether oxygens (including phenoxy) is 1. The van der Waals surface area contributed by atoms with E-state index >= 15 is 0 Å². The zero-order valence-electron chi connectivity index (χ0n) is 19.0. The highest BCUT2D eigenvalue weighted by Gasteiger charge is 2.18. The van der Waals surface area contributed by atoms with Gasteiger partial charge in [0.2, 0.25) is 11.7 Å². The molecule has 8 heteroatoms. The highest BCUT2D eigenvalue weighted by atomic mass is 16.5. The molecule has 170 valence electrons. The number of hydrogen-bond donors (Lipinski definition) is 0. The second kappa shape index (κ2) is 8.47. The summed E-state index contributed by atoms with van der Waals surface area (Å²) in [5.41, 5.74) is 2.82. The van der Waals surface area contributed by atoms with Gasteiger partial charge < -0.3 is 9.26 Å². The first-order valence-corrected chi connectivity index (χ1v) is 10.7. The van der Waals surface area contributed by atoms with E-state index in [9.17, 15) is 9.59 Å². The van der Waals surface area contributed by atoms with Crippen molar-refractivity contribution >= 4 is 10.9 Å². The van der Waals surface area contributed by atoms with Crippen molar-refractivity contribution in [1.82, 2.24) is 19.3 Å². The molecule has 0 aliphatic rings. The molecule has 0 unspecified atom stereocenters. The number of aryl methyl sites for hydroxylation is 2. The second-order valence-electron chi connectivity index (χ2n) is 8.12. The summed E-state index contributed by atoms with van der Waals surface area (Å²) in [7, 11) is 1.59. The molecule has 3 aromatic carbocycles. The third-order valence-corrected chi connectivity index (χ3v) is 5.60. The molecule has 2 heterocycles. The molecule has 0 N–H and O–H groups in total. The number of para-hydroxylation sites is 1. The van der Waals surface area contributed by atoms with Crippen LogP contribution in [0.25, 0.3) is 28.0 Å². The normalized spacial score (nSPS) is 11.1. The van der Waals surface area contributed by atoms with Crippen LogP contribution in [0.3, 0.4) is 0 Å². The molecule has 0 atom stereocenters. The molecule has 0 fully saturated rings. The number of aromatic nitrogens is 4. The van der Waals surface area contributed by atoms with Crippen LogP contribution in [0.2, 0.25) is 0 Å². The summed E-state index contributed by atoms with van der Waals surface area (Å²) in [5.74, 6) is 1.30. The number of hydrogen-bond acceptors (Lipinski definition) is 6. The van der Waals surface area contributed by atoms with Crippen molar-refractivity contribution in [3.05, 3.63) is 105 Å². The SMILES string of the molecule is COc1cccc(-c2noc(Cn3c(=O)n(-c4cc(C)cc(C)c4)c(=O)c4ccccc43)n2)c1. The number of rotatable bonds is 5. The quantitative estimate of drug-likeness (QED) is 0.400. The Morgan fingerprint density at radius 1 is 0.941 bits per heavy atom. The van der Waals surface area contributed by atoms with Crippen LogP contribution < -0.4 is 16.0 Å². The van der Waals surface area contributed by atoms with Crippen LogP contribution in [0, 0.1) is 13.8 Å². The maximum atomic E-state index is 13.6. The third-order valence-electron chi connectivity index (χ3n) is 5.60. The highest BCUT2D eigenvalue weighted by Crippen LogP contribution is 2.22. The Morgan fingerprint density at radius 3 is 2.47 bits per heavy atom. The van der Waals surface area contributed by atoms with Crippen molar-refractivity contribution in [2.45, 2.75) is 20.4 Å². The van der Waals surface area contributed by atoms with Gasteiger partial charge in [0.05, 0.1) is 23.7 Å². The molecule has 5 rings (SSSR count). The molecule has 0 aliphatic heterocycles. The van der Waals surface area contributed by atoms with Gasteiger partial charge in [-0.15, -0.1) is 0 Å². The average Bonchev–Trinajstić information content (AvgIpc) is 3.30. The van der Waals surface area contributed by atoms with Gasteiger partial charge in [-0.25, -0.2) is 9.36 Å². The van der Waals surface area contributed by atoms with Crippen LogP contribution in [-0.4, -0.2) is 26.4 Å². The van der Waals surface area contributed by atoms with Gasteiger partial charge in [0.1, 0.15) is 12.3 Å². The fourth-order valence-corrected chi connectivity index (χ4v) is 4.11. The largest absolute Gasteiger partial charge is 0.497 e. The summed E-state index contributed by atoms with van der Waals surface area (Å²) in [6.45, 7) is 3.88. The Bertz CT molecular complexity index is 1630. The minimum atomic E-state index is -0.477. The van der Waals surface area contributed by atoms with Crippen LogP contribution in [-0.2, 0) is 6.54 Å². The van der Waals surface area contributed by atoms with Crippen LogP contribution >= 0.6 is 0 Å². The van der Waals surface area contributed by atoms with Gasteiger partial charge in [-0.05, 0) is 61.4 Å². The second-order valence-corrected chi connectivity index (χ2v) is 8.12.